The molecular weight excluding hydrogens is 572 g/mol. The summed E-state index contributed by atoms with van der Waals surface area (Å²) in [6.45, 7) is 3.73. The maximum Gasteiger partial charge on any atom is 0.261 e. The van der Waals surface area contributed by atoms with Gasteiger partial charge >= 0.3 is 0 Å². The molecule has 0 radical (unpaired) electrons. The average molecular weight is 600 g/mol. The van der Waals surface area contributed by atoms with Gasteiger partial charge in [-0.05, 0) is 30.3 Å². The van der Waals surface area contributed by atoms with Crippen molar-refractivity contribution in [2.24, 2.45) is 0 Å². The van der Waals surface area contributed by atoms with Gasteiger partial charge in [-0.3, -0.25) is 9.69 Å². The maximum atomic E-state index is 15.5. The Bertz CT molecular complexity index is 1590. The van der Waals surface area contributed by atoms with Crippen molar-refractivity contribution in [3.63, 3.8) is 0 Å². The lowest BCUT2D eigenvalue weighted by atomic mass is 9.94. The minimum Gasteiger partial charge on any atom is -0.497 e. The predicted octanol–water partition coefficient (Wildman–Crippen LogP) is 4.57. The minimum atomic E-state index is -0.749. The van der Waals surface area contributed by atoms with Crippen molar-refractivity contribution in [2.45, 2.75) is 19.0 Å². The molecule has 1 atom stereocenters. The number of aromatic nitrogens is 3. The normalized spacial score (nSPS) is 17.5. The van der Waals surface area contributed by atoms with Crippen molar-refractivity contribution in [1.82, 2.24) is 24.2 Å². The highest BCUT2D eigenvalue weighted by molar-refractivity contribution is 6.31. The standard InChI is InChI=1S/C29H28Cl2FN5O4/c1-39-20-3-4-21(22(32)15-20)27-28-23(34-25-14-18(30)6-8-36(25)28)7-9-37(27)26(38)17-41-24-5-2-19(33-29(24)31)16-35-10-12-40-13-11-35/h2-6,8,14-15,27H,7,9-13,16-17H2,1H3. The van der Waals surface area contributed by atoms with Gasteiger partial charge in [0, 0.05) is 61.5 Å². The maximum absolute atomic E-state index is 15.5. The van der Waals surface area contributed by atoms with E-state index in [2.05, 4.69) is 9.88 Å². The molecular formula is C29H28Cl2FN5O4. The second kappa shape index (κ2) is 11.8. The number of fused-ring (bicyclic) bond motifs is 3. The van der Waals surface area contributed by atoms with Gasteiger partial charge in [-0.2, -0.15) is 0 Å². The number of imidazole rings is 1. The Morgan fingerprint density at radius 1 is 1.10 bits per heavy atom. The molecule has 6 rings (SSSR count). The van der Waals surface area contributed by atoms with Gasteiger partial charge in [-0.25, -0.2) is 14.4 Å². The summed E-state index contributed by atoms with van der Waals surface area (Å²) in [5.74, 6) is -0.131. The zero-order chi connectivity index (χ0) is 28.5. The highest BCUT2D eigenvalue weighted by atomic mass is 35.5. The Balaban J connectivity index is 1.26. The number of pyridine rings is 2. The van der Waals surface area contributed by atoms with Crippen LogP contribution in [-0.2, 0) is 22.5 Å². The van der Waals surface area contributed by atoms with Gasteiger partial charge in [0.15, 0.2) is 17.5 Å². The lowest BCUT2D eigenvalue weighted by Crippen LogP contribution is -2.43. The van der Waals surface area contributed by atoms with Crippen molar-refractivity contribution < 1.29 is 23.4 Å². The number of hydrogen-bond donors (Lipinski definition) is 0. The van der Waals surface area contributed by atoms with Gasteiger partial charge in [0.25, 0.3) is 5.91 Å². The monoisotopic (exact) mass is 599 g/mol. The van der Waals surface area contributed by atoms with Crippen LogP contribution in [0.25, 0.3) is 5.65 Å². The van der Waals surface area contributed by atoms with E-state index < -0.39 is 11.9 Å². The number of rotatable bonds is 7. The first-order valence-corrected chi connectivity index (χ1v) is 14.0. The molecule has 1 aromatic carbocycles. The summed E-state index contributed by atoms with van der Waals surface area (Å²) in [4.78, 5) is 26.7. The number of morpholine rings is 1. The predicted molar refractivity (Wildman–Crippen MR) is 151 cm³/mol. The van der Waals surface area contributed by atoms with E-state index in [9.17, 15) is 4.79 Å². The summed E-state index contributed by atoms with van der Waals surface area (Å²) in [6.07, 6.45) is 2.28. The number of halogens is 3. The molecule has 1 saturated heterocycles. The molecule has 2 aliphatic heterocycles. The average Bonchev–Trinajstić information content (AvgIpc) is 3.34. The van der Waals surface area contributed by atoms with Gasteiger partial charge in [-0.15, -0.1) is 0 Å². The van der Waals surface area contributed by atoms with Gasteiger partial charge in [0.1, 0.15) is 23.3 Å². The fourth-order valence-corrected chi connectivity index (χ4v) is 5.75. The van der Waals surface area contributed by atoms with Crippen LogP contribution in [0, 0.1) is 5.82 Å². The number of methoxy groups -OCH3 is 1. The Labute approximate surface area is 246 Å². The van der Waals surface area contributed by atoms with E-state index in [-0.39, 0.29) is 17.7 Å². The van der Waals surface area contributed by atoms with Crippen molar-refractivity contribution >= 4 is 34.8 Å². The molecule has 12 heteroatoms. The van der Waals surface area contributed by atoms with Crippen molar-refractivity contribution in [3.05, 3.63) is 87.3 Å². The Kier molecular flexibility index (Phi) is 7.99. The Hall–Kier alpha value is -3.44. The first kappa shape index (κ1) is 27.7. The summed E-state index contributed by atoms with van der Waals surface area (Å²) >= 11 is 12.6. The van der Waals surface area contributed by atoms with E-state index >= 15 is 4.39 Å². The first-order chi connectivity index (χ1) is 19.9. The molecule has 0 bridgehead atoms. The highest BCUT2D eigenvalue weighted by Crippen LogP contribution is 2.38. The van der Waals surface area contributed by atoms with E-state index in [1.54, 1.807) is 41.4 Å². The van der Waals surface area contributed by atoms with Crippen LogP contribution in [0.5, 0.6) is 11.5 Å². The summed E-state index contributed by atoms with van der Waals surface area (Å²) < 4.78 is 33.8. The lowest BCUT2D eigenvalue weighted by molar-refractivity contribution is -0.135. The van der Waals surface area contributed by atoms with Gasteiger partial charge in [-0.1, -0.05) is 23.2 Å². The van der Waals surface area contributed by atoms with Crippen LogP contribution in [0.4, 0.5) is 4.39 Å². The van der Waals surface area contributed by atoms with E-state index in [1.165, 1.54) is 13.2 Å². The van der Waals surface area contributed by atoms with Crippen LogP contribution in [0.15, 0.2) is 48.7 Å². The second-order valence-electron chi connectivity index (χ2n) is 9.91. The van der Waals surface area contributed by atoms with E-state index in [0.717, 1.165) is 24.5 Å². The van der Waals surface area contributed by atoms with Gasteiger partial charge in [0.2, 0.25) is 0 Å². The third-order valence-corrected chi connectivity index (χ3v) is 7.90. The third-order valence-electron chi connectivity index (χ3n) is 7.40. The van der Waals surface area contributed by atoms with Crippen molar-refractivity contribution in [2.75, 3.05) is 46.6 Å². The van der Waals surface area contributed by atoms with Crippen molar-refractivity contribution in [3.8, 4) is 11.5 Å². The minimum absolute atomic E-state index is 0.181. The molecule has 3 aromatic heterocycles. The number of benzene rings is 1. The lowest BCUT2D eigenvalue weighted by Gasteiger charge is -2.36. The summed E-state index contributed by atoms with van der Waals surface area (Å²) in [6, 6.07) is 10.9. The van der Waals surface area contributed by atoms with Crippen LogP contribution in [0.1, 0.15) is 28.7 Å². The summed E-state index contributed by atoms with van der Waals surface area (Å²) in [7, 11) is 1.48. The molecule has 9 nitrogen and oxygen atoms in total. The molecule has 1 unspecified atom stereocenters. The highest BCUT2D eigenvalue weighted by Gasteiger charge is 2.37. The summed E-state index contributed by atoms with van der Waals surface area (Å²) in [5, 5.41) is 0.718. The molecule has 0 aliphatic carbocycles. The van der Waals surface area contributed by atoms with Crippen LogP contribution < -0.4 is 9.47 Å². The first-order valence-electron chi connectivity index (χ1n) is 13.3. The summed E-state index contributed by atoms with van der Waals surface area (Å²) in [5.41, 5.74) is 3.24. The molecule has 41 heavy (non-hydrogen) atoms. The Morgan fingerprint density at radius 3 is 2.68 bits per heavy atom. The van der Waals surface area contributed by atoms with Crippen LogP contribution >= 0.6 is 23.2 Å². The zero-order valence-electron chi connectivity index (χ0n) is 22.4. The molecule has 0 spiro atoms. The third kappa shape index (κ3) is 5.70. The largest absolute Gasteiger partial charge is 0.497 e. The van der Waals surface area contributed by atoms with Crippen LogP contribution in [-0.4, -0.2) is 76.6 Å². The van der Waals surface area contributed by atoms with Crippen molar-refractivity contribution in [1.29, 1.82) is 0 Å². The molecule has 214 valence electrons. The van der Waals surface area contributed by atoms with Gasteiger partial charge in [0.05, 0.1) is 37.4 Å². The fourth-order valence-electron chi connectivity index (χ4n) is 5.37. The second-order valence-corrected chi connectivity index (χ2v) is 10.7. The molecule has 1 amide bonds. The smallest absolute Gasteiger partial charge is 0.261 e. The number of carbonyl (C=O) groups excluding carboxylic acids is 1. The number of amides is 1. The van der Waals surface area contributed by atoms with E-state index in [1.807, 2.05) is 10.5 Å². The molecule has 0 N–H and O–H groups in total. The Morgan fingerprint density at radius 2 is 1.93 bits per heavy atom. The number of nitrogens with zero attached hydrogens (tertiary/aromatic N) is 5. The number of carbonyl (C=O) groups is 1. The fraction of sp³-hybridized carbons (Fsp3) is 0.345. The quantitative estimate of drug-likeness (QED) is 0.288. The topological polar surface area (TPSA) is 81.4 Å². The number of hydrogen-bond acceptors (Lipinski definition) is 7. The SMILES string of the molecule is COc1ccc(C2c3c(nc4cc(Cl)ccn34)CCN2C(=O)COc2ccc(CN3CCOCC3)nc2Cl)c(F)c1. The van der Waals surface area contributed by atoms with E-state index in [0.29, 0.717) is 66.2 Å². The molecule has 1 fully saturated rings. The van der Waals surface area contributed by atoms with Gasteiger partial charge < -0.3 is 23.5 Å². The van der Waals surface area contributed by atoms with Crippen LogP contribution in [0.3, 0.4) is 0 Å². The zero-order valence-corrected chi connectivity index (χ0v) is 23.9. The molecule has 5 heterocycles. The van der Waals surface area contributed by atoms with Crippen LogP contribution in [0.2, 0.25) is 10.2 Å². The number of ether oxygens (including phenoxy) is 3. The molecule has 2 aliphatic rings. The molecule has 0 saturated carbocycles. The molecule has 4 aromatic rings. The van der Waals surface area contributed by atoms with E-state index in [4.69, 9.17) is 42.4 Å².